The smallest absolute Gasteiger partial charge is 0.244 e. The van der Waals surface area contributed by atoms with Crippen LogP contribution in [0.3, 0.4) is 0 Å². The molecule has 2 heterocycles. The number of pyridine rings is 1. The molecule has 0 N–H and O–H groups in total. The molecule has 0 aliphatic carbocycles. The summed E-state index contributed by atoms with van der Waals surface area (Å²) in [6.45, 7) is 1.84. The lowest BCUT2D eigenvalue weighted by atomic mass is 10.1. The minimum atomic E-state index is -3.46. The molecule has 0 aromatic carbocycles. The molecule has 1 aromatic rings. The Morgan fingerprint density at radius 1 is 1.56 bits per heavy atom. The first kappa shape index (κ1) is 13.9. The zero-order chi connectivity index (χ0) is 13.2. The summed E-state index contributed by atoms with van der Waals surface area (Å²) in [6.07, 6.45) is 3.84. The highest BCUT2D eigenvalue weighted by molar-refractivity contribution is 9.10. The molecule has 0 radical (unpaired) electrons. The van der Waals surface area contributed by atoms with Crippen LogP contribution in [0.25, 0.3) is 0 Å². The normalized spacial score (nSPS) is 20.5. The van der Waals surface area contributed by atoms with E-state index >= 15 is 0 Å². The fraction of sp³-hybridized carbons (Fsp3) is 0.545. The number of sulfonamides is 1. The van der Waals surface area contributed by atoms with E-state index in [1.165, 1.54) is 10.5 Å². The fourth-order valence-corrected chi connectivity index (χ4v) is 3.66. The van der Waals surface area contributed by atoms with Crippen LogP contribution in [-0.4, -0.2) is 44.5 Å². The predicted molar refractivity (Wildman–Crippen MR) is 70.7 cm³/mol. The van der Waals surface area contributed by atoms with Crippen LogP contribution in [0.5, 0.6) is 0 Å². The highest BCUT2D eigenvalue weighted by Gasteiger charge is 2.26. The second kappa shape index (κ2) is 5.64. The summed E-state index contributed by atoms with van der Waals surface area (Å²) in [7, 11) is -1.87. The number of aromatic nitrogens is 1. The van der Waals surface area contributed by atoms with Crippen molar-refractivity contribution in [3.05, 3.63) is 22.9 Å². The summed E-state index contributed by atoms with van der Waals surface area (Å²) in [4.78, 5) is 4.09. The minimum absolute atomic E-state index is 0.207. The van der Waals surface area contributed by atoms with E-state index in [2.05, 4.69) is 20.9 Å². The number of rotatable bonds is 4. The van der Waals surface area contributed by atoms with Gasteiger partial charge in [-0.05, 0) is 34.3 Å². The number of hydrogen-bond acceptors (Lipinski definition) is 4. The van der Waals surface area contributed by atoms with Gasteiger partial charge in [0.25, 0.3) is 0 Å². The Morgan fingerprint density at radius 3 is 2.94 bits per heavy atom. The first-order chi connectivity index (χ1) is 8.50. The molecule has 1 aliphatic heterocycles. The SMILES string of the molecule is CN(CC1CCOC1)S(=O)(=O)c1cncc(Br)c1. The Labute approximate surface area is 115 Å². The monoisotopic (exact) mass is 334 g/mol. The first-order valence-corrected chi connectivity index (χ1v) is 7.88. The molecule has 100 valence electrons. The maximum Gasteiger partial charge on any atom is 0.244 e. The predicted octanol–water partition coefficient (Wildman–Crippen LogP) is 1.50. The quantitative estimate of drug-likeness (QED) is 0.837. The molecule has 1 aliphatic rings. The zero-order valence-corrected chi connectivity index (χ0v) is 12.4. The molecule has 1 atom stereocenters. The number of hydrogen-bond donors (Lipinski definition) is 0. The molecule has 0 amide bonds. The zero-order valence-electron chi connectivity index (χ0n) is 10.0. The topological polar surface area (TPSA) is 59.5 Å². The molecule has 0 saturated carbocycles. The van der Waals surface area contributed by atoms with E-state index in [4.69, 9.17) is 4.74 Å². The maximum absolute atomic E-state index is 12.3. The highest BCUT2D eigenvalue weighted by atomic mass is 79.9. The van der Waals surface area contributed by atoms with E-state index in [-0.39, 0.29) is 10.8 Å². The average molecular weight is 335 g/mol. The first-order valence-electron chi connectivity index (χ1n) is 5.65. The fourth-order valence-electron chi connectivity index (χ4n) is 1.90. The van der Waals surface area contributed by atoms with Crippen LogP contribution in [0.4, 0.5) is 0 Å². The van der Waals surface area contributed by atoms with Crippen LogP contribution < -0.4 is 0 Å². The summed E-state index contributed by atoms with van der Waals surface area (Å²) in [6, 6.07) is 1.56. The molecule has 1 saturated heterocycles. The van der Waals surface area contributed by atoms with Crippen LogP contribution in [-0.2, 0) is 14.8 Å². The largest absolute Gasteiger partial charge is 0.381 e. The maximum atomic E-state index is 12.3. The average Bonchev–Trinajstić information content (AvgIpc) is 2.81. The van der Waals surface area contributed by atoms with Crippen molar-refractivity contribution in [1.29, 1.82) is 0 Å². The van der Waals surface area contributed by atoms with E-state index in [0.29, 0.717) is 17.6 Å². The van der Waals surface area contributed by atoms with Crippen molar-refractivity contribution in [2.75, 3.05) is 26.8 Å². The lowest BCUT2D eigenvalue weighted by molar-refractivity contribution is 0.182. The van der Waals surface area contributed by atoms with Gasteiger partial charge in [0, 0.05) is 37.1 Å². The van der Waals surface area contributed by atoms with Gasteiger partial charge in [0.05, 0.1) is 6.61 Å². The standard InChI is InChI=1S/C11H15BrN2O3S/c1-14(7-9-2-3-17-8-9)18(15,16)11-4-10(12)5-13-6-11/h4-6,9H,2-3,7-8H2,1H3. The molecule has 1 aromatic heterocycles. The molecule has 2 rings (SSSR count). The Bertz CT molecular complexity index is 515. The number of nitrogens with zero attached hydrogens (tertiary/aromatic N) is 2. The summed E-state index contributed by atoms with van der Waals surface area (Å²) >= 11 is 3.23. The van der Waals surface area contributed by atoms with Gasteiger partial charge in [-0.25, -0.2) is 12.7 Å². The van der Waals surface area contributed by atoms with E-state index < -0.39 is 10.0 Å². The van der Waals surface area contributed by atoms with Crippen LogP contribution in [0.1, 0.15) is 6.42 Å². The molecule has 1 unspecified atom stereocenters. The van der Waals surface area contributed by atoms with Crippen LogP contribution in [0.15, 0.2) is 27.8 Å². The van der Waals surface area contributed by atoms with Gasteiger partial charge in [-0.2, -0.15) is 0 Å². The third-order valence-corrected chi connectivity index (χ3v) is 5.15. The second-order valence-corrected chi connectivity index (χ2v) is 7.31. The Kier molecular flexibility index (Phi) is 4.37. The van der Waals surface area contributed by atoms with Crippen molar-refractivity contribution in [2.45, 2.75) is 11.3 Å². The molecule has 18 heavy (non-hydrogen) atoms. The molecular weight excluding hydrogens is 320 g/mol. The van der Waals surface area contributed by atoms with Crippen molar-refractivity contribution >= 4 is 26.0 Å². The molecule has 0 bridgehead atoms. The molecule has 7 heteroatoms. The molecule has 5 nitrogen and oxygen atoms in total. The number of halogens is 1. The molecular formula is C11H15BrN2O3S. The lowest BCUT2D eigenvalue weighted by Crippen LogP contribution is -2.32. The Hall–Kier alpha value is -0.500. The highest BCUT2D eigenvalue weighted by Crippen LogP contribution is 2.20. The van der Waals surface area contributed by atoms with Gasteiger partial charge in [-0.3, -0.25) is 4.98 Å². The van der Waals surface area contributed by atoms with E-state index in [0.717, 1.165) is 13.0 Å². The van der Waals surface area contributed by atoms with Crippen molar-refractivity contribution in [3.63, 3.8) is 0 Å². The Morgan fingerprint density at radius 2 is 2.33 bits per heavy atom. The van der Waals surface area contributed by atoms with Crippen molar-refractivity contribution in [2.24, 2.45) is 5.92 Å². The van der Waals surface area contributed by atoms with Crippen molar-refractivity contribution < 1.29 is 13.2 Å². The molecule has 1 fully saturated rings. The summed E-state index contributed by atoms with van der Waals surface area (Å²) in [5.74, 6) is 0.282. The van der Waals surface area contributed by atoms with Crippen LogP contribution in [0.2, 0.25) is 0 Å². The second-order valence-electron chi connectivity index (χ2n) is 4.35. The minimum Gasteiger partial charge on any atom is -0.381 e. The lowest BCUT2D eigenvalue weighted by Gasteiger charge is -2.19. The van der Waals surface area contributed by atoms with E-state index in [9.17, 15) is 8.42 Å². The van der Waals surface area contributed by atoms with Gasteiger partial charge in [-0.1, -0.05) is 0 Å². The van der Waals surface area contributed by atoms with Gasteiger partial charge in [0.2, 0.25) is 10.0 Å². The van der Waals surface area contributed by atoms with E-state index in [1.807, 2.05) is 0 Å². The van der Waals surface area contributed by atoms with Gasteiger partial charge in [0.1, 0.15) is 4.90 Å². The summed E-state index contributed by atoms with van der Waals surface area (Å²) in [5.41, 5.74) is 0. The third kappa shape index (κ3) is 3.09. The molecule has 0 spiro atoms. The van der Waals surface area contributed by atoms with Gasteiger partial charge in [0.15, 0.2) is 0 Å². The van der Waals surface area contributed by atoms with Gasteiger partial charge >= 0.3 is 0 Å². The van der Waals surface area contributed by atoms with Crippen molar-refractivity contribution in [3.8, 4) is 0 Å². The van der Waals surface area contributed by atoms with Crippen LogP contribution >= 0.6 is 15.9 Å². The van der Waals surface area contributed by atoms with Crippen LogP contribution in [0, 0.1) is 5.92 Å². The summed E-state index contributed by atoms with van der Waals surface area (Å²) in [5, 5.41) is 0. The van der Waals surface area contributed by atoms with E-state index in [1.54, 1.807) is 19.3 Å². The van der Waals surface area contributed by atoms with Gasteiger partial charge < -0.3 is 4.74 Å². The summed E-state index contributed by atoms with van der Waals surface area (Å²) < 4.78 is 31.9. The third-order valence-electron chi connectivity index (χ3n) is 2.93. The van der Waals surface area contributed by atoms with Gasteiger partial charge in [-0.15, -0.1) is 0 Å². The Balaban J connectivity index is 2.14. The number of ether oxygens (including phenoxy) is 1. The van der Waals surface area contributed by atoms with Crippen molar-refractivity contribution in [1.82, 2.24) is 9.29 Å².